The van der Waals surface area contributed by atoms with Crippen LogP contribution in [0.15, 0.2) is 54.6 Å². The molecule has 2 atom stereocenters. The highest BCUT2D eigenvalue weighted by Gasteiger charge is 2.25. The SMILES string of the molecule is CCOCOC[C@H](C[C@H](Cc1ccccc1)C(=O)NO)NC(=O)c1ccc(CO)cc1. The monoisotopic (exact) mass is 430 g/mol. The number of hydroxylamine groups is 1. The highest BCUT2D eigenvalue weighted by molar-refractivity contribution is 5.94. The molecule has 0 radical (unpaired) electrons. The molecule has 4 N–H and O–H groups in total. The van der Waals surface area contributed by atoms with Gasteiger partial charge in [-0.1, -0.05) is 42.5 Å². The third-order valence-corrected chi connectivity index (χ3v) is 4.80. The van der Waals surface area contributed by atoms with Gasteiger partial charge in [-0.05, 0) is 43.0 Å². The maximum absolute atomic E-state index is 12.7. The average Bonchev–Trinajstić information content (AvgIpc) is 2.81. The highest BCUT2D eigenvalue weighted by atomic mass is 16.7. The van der Waals surface area contributed by atoms with Crippen molar-refractivity contribution in [2.45, 2.75) is 32.4 Å². The molecule has 2 aromatic rings. The molecule has 2 rings (SSSR count). The fourth-order valence-electron chi connectivity index (χ4n) is 3.15. The lowest BCUT2D eigenvalue weighted by atomic mass is 9.92. The lowest BCUT2D eigenvalue weighted by molar-refractivity contribution is -0.134. The van der Waals surface area contributed by atoms with Crippen molar-refractivity contribution in [2.24, 2.45) is 5.92 Å². The molecular weight excluding hydrogens is 400 g/mol. The zero-order valence-corrected chi connectivity index (χ0v) is 17.6. The lowest BCUT2D eigenvalue weighted by Crippen LogP contribution is -2.42. The third-order valence-electron chi connectivity index (χ3n) is 4.80. The predicted octanol–water partition coefficient (Wildman–Crippen LogP) is 2.04. The first kappa shape index (κ1) is 24.5. The van der Waals surface area contributed by atoms with E-state index in [1.807, 2.05) is 37.3 Å². The molecular formula is C23H30N2O6. The van der Waals surface area contributed by atoms with E-state index in [1.165, 1.54) is 0 Å². The number of rotatable bonds is 13. The van der Waals surface area contributed by atoms with Crippen LogP contribution in [0.25, 0.3) is 0 Å². The van der Waals surface area contributed by atoms with Crippen molar-refractivity contribution in [1.82, 2.24) is 10.8 Å². The smallest absolute Gasteiger partial charge is 0.251 e. The largest absolute Gasteiger partial charge is 0.392 e. The summed E-state index contributed by atoms with van der Waals surface area (Å²) in [4.78, 5) is 25.0. The molecule has 0 saturated carbocycles. The van der Waals surface area contributed by atoms with Crippen LogP contribution in [0.4, 0.5) is 0 Å². The first-order valence-corrected chi connectivity index (χ1v) is 10.2. The molecule has 31 heavy (non-hydrogen) atoms. The number of amides is 2. The topological polar surface area (TPSA) is 117 Å². The number of benzene rings is 2. The summed E-state index contributed by atoms with van der Waals surface area (Å²) in [5, 5.41) is 21.3. The number of hydrogen-bond acceptors (Lipinski definition) is 6. The van der Waals surface area contributed by atoms with E-state index in [-0.39, 0.29) is 32.3 Å². The second-order valence-corrected chi connectivity index (χ2v) is 7.11. The van der Waals surface area contributed by atoms with E-state index < -0.39 is 17.9 Å². The van der Waals surface area contributed by atoms with Crippen LogP contribution in [0.5, 0.6) is 0 Å². The zero-order valence-electron chi connectivity index (χ0n) is 17.6. The van der Waals surface area contributed by atoms with Crippen molar-refractivity contribution in [3.05, 3.63) is 71.3 Å². The van der Waals surface area contributed by atoms with Gasteiger partial charge in [0, 0.05) is 18.1 Å². The number of hydrogen-bond donors (Lipinski definition) is 4. The minimum atomic E-state index is -0.579. The molecule has 2 aromatic carbocycles. The number of ether oxygens (including phenoxy) is 2. The Bertz CT molecular complexity index is 797. The lowest BCUT2D eigenvalue weighted by Gasteiger charge is -2.24. The molecule has 8 nitrogen and oxygen atoms in total. The Morgan fingerprint density at radius 2 is 1.71 bits per heavy atom. The van der Waals surface area contributed by atoms with Crippen molar-refractivity contribution in [3.8, 4) is 0 Å². The van der Waals surface area contributed by atoms with Gasteiger partial charge in [-0.2, -0.15) is 0 Å². The zero-order chi connectivity index (χ0) is 22.5. The van der Waals surface area contributed by atoms with Gasteiger partial charge in [0.1, 0.15) is 6.79 Å². The number of carbonyl (C=O) groups is 2. The van der Waals surface area contributed by atoms with Gasteiger partial charge in [-0.3, -0.25) is 14.8 Å². The summed E-state index contributed by atoms with van der Waals surface area (Å²) >= 11 is 0. The highest BCUT2D eigenvalue weighted by Crippen LogP contribution is 2.16. The van der Waals surface area contributed by atoms with Crippen LogP contribution in [-0.2, 0) is 27.3 Å². The predicted molar refractivity (Wildman–Crippen MR) is 114 cm³/mol. The fourth-order valence-corrected chi connectivity index (χ4v) is 3.15. The Labute approximate surface area is 182 Å². The van der Waals surface area contributed by atoms with E-state index in [0.29, 0.717) is 24.2 Å². The van der Waals surface area contributed by atoms with Gasteiger partial charge < -0.3 is 19.9 Å². The molecule has 8 heteroatoms. The summed E-state index contributed by atoms with van der Waals surface area (Å²) < 4.78 is 10.7. The Hall–Kier alpha value is -2.78. The molecule has 0 aliphatic rings. The number of aliphatic hydroxyl groups excluding tert-OH is 1. The second kappa shape index (κ2) is 13.5. The molecule has 0 unspecified atom stereocenters. The molecule has 0 heterocycles. The van der Waals surface area contributed by atoms with Gasteiger partial charge >= 0.3 is 0 Å². The summed E-state index contributed by atoms with van der Waals surface area (Å²) in [5.41, 5.74) is 3.80. The summed E-state index contributed by atoms with van der Waals surface area (Å²) in [6.45, 7) is 2.46. The van der Waals surface area contributed by atoms with Gasteiger partial charge in [0.05, 0.1) is 19.3 Å². The van der Waals surface area contributed by atoms with Crippen LogP contribution < -0.4 is 10.8 Å². The Balaban J connectivity index is 2.10. The second-order valence-electron chi connectivity index (χ2n) is 7.11. The molecule has 0 aliphatic carbocycles. The molecule has 0 spiro atoms. The summed E-state index contributed by atoms with van der Waals surface area (Å²) in [6.07, 6.45) is 0.657. The molecule has 2 amide bonds. The Morgan fingerprint density at radius 1 is 1.00 bits per heavy atom. The van der Waals surface area contributed by atoms with Gasteiger partial charge in [-0.25, -0.2) is 5.48 Å². The number of nitrogens with one attached hydrogen (secondary N) is 2. The first-order valence-electron chi connectivity index (χ1n) is 10.2. The number of carbonyl (C=O) groups excluding carboxylic acids is 2. The Kier molecular flexibility index (Phi) is 10.7. The maximum atomic E-state index is 12.7. The van der Waals surface area contributed by atoms with Gasteiger partial charge in [0.25, 0.3) is 5.91 Å². The molecule has 168 valence electrons. The van der Waals surface area contributed by atoms with Crippen molar-refractivity contribution in [2.75, 3.05) is 20.0 Å². The van der Waals surface area contributed by atoms with Gasteiger partial charge in [-0.15, -0.1) is 0 Å². The molecule has 0 aliphatic heterocycles. The van der Waals surface area contributed by atoms with Crippen LogP contribution in [-0.4, -0.2) is 48.2 Å². The van der Waals surface area contributed by atoms with Crippen LogP contribution in [0, 0.1) is 5.92 Å². The summed E-state index contributed by atoms with van der Waals surface area (Å²) in [6, 6.07) is 15.6. The molecule has 0 bridgehead atoms. The van der Waals surface area contributed by atoms with Crippen LogP contribution >= 0.6 is 0 Å². The summed E-state index contributed by atoms with van der Waals surface area (Å²) in [5.74, 6) is -1.43. The normalized spacial score (nSPS) is 12.7. The standard InChI is InChI=1S/C23H30N2O6/c1-2-30-16-31-15-21(24-22(27)19-10-8-18(14-26)9-11-19)13-20(23(28)25-29)12-17-6-4-3-5-7-17/h3-11,20-21,26,29H,2,12-16H2,1H3,(H,24,27)(H,25,28)/t20-,21-/m0/s1. The van der Waals surface area contributed by atoms with Gasteiger partial charge in [0.2, 0.25) is 5.91 Å². The minimum Gasteiger partial charge on any atom is -0.392 e. The quantitative estimate of drug-likeness (QED) is 0.167. The van der Waals surface area contributed by atoms with Crippen LogP contribution in [0.3, 0.4) is 0 Å². The summed E-state index contributed by atoms with van der Waals surface area (Å²) in [7, 11) is 0. The Morgan fingerprint density at radius 3 is 2.32 bits per heavy atom. The fraction of sp³-hybridized carbons (Fsp3) is 0.391. The van der Waals surface area contributed by atoms with Gasteiger partial charge in [0.15, 0.2) is 0 Å². The van der Waals surface area contributed by atoms with Crippen molar-refractivity contribution in [3.63, 3.8) is 0 Å². The van der Waals surface area contributed by atoms with Crippen molar-refractivity contribution < 1.29 is 29.4 Å². The molecule has 0 fully saturated rings. The van der Waals surface area contributed by atoms with Crippen molar-refractivity contribution >= 4 is 11.8 Å². The average molecular weight is 431 g/mol. The third kappa shape index (κ3) is 8.47. The molecule has 0 aromatic heterocycles. The molecule has 0 saturated heterocycles. The first-order chi connectivity index (χ1) is 15.1. The van der Waals surface area contributed by atoms with E-state index in [4.69, 9.17) is 14.6 Å². The van der Waals surface area contributed by atoms with E-state index in [2.05, 4.69) is 5.32 Å². The van der Waals surface area contributed by atoms with E-state index in [1.54, 1.807) is 29.7 Å². The van der Waals surface area contributed by atoms with Crippen LogP contribution in [0.2, 0.25) is 0 Å². The van der Waals surface area contributed by atoms with Crippen LogP contribution in [0.1, 0.15) is 34.8 Å². The van der Waals surface area contributed by atoms with E-state index in [0.717, 1.165) is 5.56 Å². The van der Waals surface area contributed by atoms with Crippen molar-refractivity contribution in [1.29, 1.82) is 0 Å². The van der Waals surface area contributed by atoms with E-state index >= 15 is 0 Å². The number of aliphatic hydroxyl groups is 1. The minimum absolute atomic E-state index is 0.0730. The van der Waals surface area contributed by atoms with E-state index in [9.17, 15) is 14.8 Å². The maximum Gasteiger partial charge on any atom is 0.251 e.